The molecule has 2 N–H and O–H groups in total. The molecule has 0 aliphatic carbocycles. The first-order valence-electron chi connectivity index (χ1n) is 9.19. The largest absolute Gasteiger partial charge is 0.497 e. The molecular weight excluding hydrogens is 406 g/mol. The van der Waals surface area contributed by atoms with Crippen LogP contribution >= 0.6 is 11.3 Å². The zero-order valence-corrected chi connectivity index (χ0v) is 17.9. The van der Waals surface area contributed by atoms with E-state index in [2.05, 4.69) is 10.3 Å². The van der Waals surface area contributed by atoms with E-state index in [1.165, 1.54) is 25.6 Å². The lowest BCUT2D eigenvalue weighted by Crippen LogP contribution is -2.30. The number of nitrogens with zero attached hydrogens (tertiary/aromatic N) is 2. The van der Waals surface area contributed by atoms with Gasteiger partial charge in [-0.05, 0) is 32.0 Å². The van der Waals surface area contributed by atoms with Crippen molar-refractivity contribution in [1.82, 2.24) is 14.9 Å². The molecule has 3 rings (SSSR count). The van der Waals surface area contributed by atoms with Gasteiger partial charge >= 0.3 is 5.97 Å². The van der Waals surface area contributed by atoms with Gasteiger partial charge in [-0.1, -0.05) is 0 Å². The molecule has 2 heterocycles. The number of thiazole rings is 1. The third-order valence-corrected chi connectivity index (χ3v) is 5.54. The van der Waals surface area contributed by atoms with Crippen molar-refractivity contribution in [3.05, 3.63) is 58.4 Å². The van der Waals surface area contributed by atoms with Crippen LogP contribution in [0.3, 0.4) is 0 Å². The summed E-state index contributed by atoms with van der Waals surface area (Å²) in [6.07, 6.45) is 1.41. The van der Waals surface area contributed by atoms with Crippen LogP contribution in [0.5, 0.6) is 11.5 Å². The maximum absolute atomic E-state index is 13.1. The zero-order valence-electron chi connectivity index (χ0n) is 17.1. The van der Waals surface area contributed by atoms with Crippen molar-refractivity contribution < 1.29 is 24.2 Å². The lowest BCUT2D eigenvalue weighted by atomic mass is 10.0. The van der Waals surface area contributed by atoms with E-state index in [9.17, 15) is 14.7 Å². The Morgan fingerprint density at radius 1 is 1.23 bits per heavy atom. The van der Waals surface area contributed by atoms with Crippen molar-refractivity contribution in [2.75, 3.05) is 14.2 Å². The highest BCUT2D eigenvalue weighted by Crippen LogP contribution is 2.32. The number of benzene rings is 1. The first-order valence-corrected chi connectivity index (χ1v) is 10.1. The summed E-state index contributed by atoms with van der Waals surface area (Å²) in [5.74, 6) is -0.390. The summed E-state index contributed by atoms with van der Waals surface area (Å²) >= 11 is 1.47. The average molecular weight is 429 g/mol. The van der Waals surface area contributed by atoms with E-state index in [0.29, 0.717) is 22.6 Å². The van der Waals surface area contributed by atoms with Crippen LogP contribution in [0.2, 0.25) is 0 Å². The molecule has 0 saturated carbocycles. The number of carbonyl (C=O) groups is 2. The second-order valence-electron chi connectivity index (χ2n) is 6.67. The number of aromatic nitrogens is 2. The Kier molecular flexibility index (Phi) is 6.41. The summed E-state index contributed by atoms with van der Waals surface area (Å²) in [7, 11) is 3.02. The topological polar surface area (TPSA) is 103 Å². The van der Waals surface area contributed by atoms with E-state index < -0.39 is 12.0 Å². The lowest BCUT2D eigenvalue weighted by molar-refractivity contribution is -0.137. The Morgan fingerprint density at radius 3 is 2.60 bits per heavy atom. The molecule has 0 bridgehead atoms. The van der Waals surface area contributed by atoms with Crippen molar-refractivity contribution in [2.45, 2.75) is 26.3 Å². The maximum Gasteiger partial charge on any atom is 0.305 e. The van der Waals surface area contributed by atoms with Gasteiger partial charge in [0.1, 0.15) is 11.5 Å². The molecule has 0 fully saturated rings. The SMILES string of the molecule is COc1ccc(C(CC(=O)O)NC(=O)c2cc(C)n(-c3nccs3)c2C)c(OC)c1. The number of aryl methyl sites for hydroxylation is 1. The first kappa shape index (κ1) is 21.4. The fraction of sp³-hybridized carbons (Fsp3) is 0.286. The second-order valence-corrected chi connectivity index (χ2v) is 7.54. The number of nitrogens with one attached hydrogen (secondary N) is 1. The molecular formula is C21H23N3O5S. The van der Waals surface area contributed by atoms with Crippen molar-refractivity contribution in [3.8, 4) is 16.6 Å². The molecule has 0 radical (unpaired) electrons. The van der Waals surface area contributed by atoms with Gasteiger partial charge in [-0.2, -0.15) is 0 Å². The fourth-order valence-corrected chi connectivity index (χ4v) is 4.12. The van der Waals surface area contributed by atoms with Gasteiger partial charge in [0, 0.05) is 34.6 Å². The Hall–Kier alpha value is -3.33. The van der Waals surface area contributed by atoms with Gasteiger partial charge in [0.25, 0.3) is 5.91 Å². The molecule has 0 aliphatic rings. The van der Waals surface area contributed by atoms with Crippen LogP contribution in [0.4, 0.5) is 0 Å². The molecule has 3 aromatic rings. The number of ether oxygens (including phenoxy) is 2. The summed E-state index contributed by atoms with van der Waals surface area (Å²) in [5.41, 5.74) is 2.62. The Labute approximate surface area is 178 Å². The number of aliphatic carboxylic acids is 1. The molecule has 9 heteroatoms. The van der Waals surface area contributed by atoms with Gasteiger partial charge in [-0.15, -0.1) is 11.3 Å². The van der Waals surface area contributed by atoms with Crippen molar-refractivity contribution in [2.24, 2.45) is 0 Å². The minimum Gasteiger partial charge on any atom is -0.497 e. The van der Waals surface area contributed by atoms with Crippen LogP contribution < -0.4 is 14.8 Å². The standard InChI is InChI=1S/C21H23N3O5S/c1-12-9-16(13(2)24(12)21-22-7-8-30-21)20(27)23-17(11-19(25)26)15-6-5-14(28-3)10-18(15)29-4/h5-10,17H,11H2,1-4H3,(H,23,27)(H,25,26). The number of methoxy groups -OCH3 is 2. The van der Waals surface area contributed by atoms with Crippen LogP contribution in [0.25, 0.3) is 5.13 Å². The fourth-order valence-electron chi connectivity index (χ4n) is 3.37. The van der Waals surface area contributed by atoms with Gasteiger partial charge in [0.2, 0.25) is 0 Å². The molecule has 158 valence electrons. The summed E-state index contributed by atoms with van der Waals surface area (Å²) < 4.78 is 12.5. The zero-order chi connectivity index (χ0) is 21.8. The molecule has 1 aromatic carbocycles. The van der Waals surface area contributed by atoms with Crippen molar-refractivity contribution in [3.63, 3.8) is 0 Å². The van der Waals surface area contributed by atoms with Crippen LogP contribution in [0.15, 0.2) is 35.8 Å². The highest BCUT2D eigenvalue weighted by Gasteiger charge is 2.25. The summed E-state index contributed by atoms with van der Waals surface area (Å²) in [6.45, 7) is 3.73. The van der Waals surface area contributed by atoms with Gasteiger partial charge < -0.3 is 19.9 Å². The number of hydrogen-bond donors (Lipinski definition) is 2. The highest BCUT2D eigenvalue weighted by molar-refractivity contribution is 7.12. The number of amides is 1. The van der Waals surface area contributed by atoms with Crippen LogP contribution in [0.1, 0.15) is 39.8 Å². The van der Waals surface area contributed by atoms with E-state index in [-0.39, 0.29) is 12.3 Å². The molecule has 0 saturated heterocycles. The number of carboxylic acid groups (broad SMARTS) is 1. The molecule has 30 heavy (non-hydrogen) atoms. The summed E-state index contributed by atoms with van der Waals surface area (Å²) in [5, 5.41) is 14.9. The van der Waals surface area contributed by atoms with E-state index in [1.807, 2.05) is 23.8 Å². The van der Waals surface area contributed by atoms with Gasteiger partial charge in [-0.25, -0.2) is 4.98 Å². The molecule has 0 aliphatic heterocycles. The number of hydrogen-bond acceptors (Lipinski definition) is 6. The Bertz CT molecular complexity index is 1060. The summed E-state index contributed by atoms with van der Waals surface area (Å²) in [4.78, 5) is 28.9. The highest BCUT2D eigenvalue weighted by atomic mass is 32.1. The van der Waals surface area contributed by atoms with E-state index in [1.54, 1.807) is 30.5 Å². The third kappa shape index (κ3) is 4.30. The predicted octanol–water partition coefficient (Wildman–Crippen LogP) is 3.51. The van der Waals surface area contributed by atoms with Crippen molar-refractivity contribution in [1.29, 1.82) is 0 Å². The Balaban J connectivity index is 1.94. The lowest BCUT2D eigenvalue weighted by Gasteiger charge is -2.20. The van der Waals surface area contributed by atoms with Crippen LogP contribution in [0, 0.1) is 13.8 Å². The third-order valence-electron chi connectivity index (χ3n) is 4.79. The van der Waals surface area contributed by atoms with Crippen LogP contribution in [-0.4, -0.2) is 40.8 Å². The van der Waals surface area contributed by atoms with E-state index >= 15 is 0 Å². The normalized spacial score (nSPS) is 11.7. The molecule has 1 atom stereocenters. The van der Waals surface area contributed by atoms with E-state index in [0.717, 1.165) is 16.5 Å². The number of rotatable bonds is 8. The molecule has 8 nitrogen and oxygen atoms in total. The smallest absolute Gasteiger partial charge is 0.305 e. The van der Waals surface area contributed by atoms with E-state index in [4.69, 9.17) is 9.47 Å². The van der Waals surface area contributed by atoms with Crippen LogP contribution in [-0.2, 0) is 4.79 Å². The monoisotopic (exact) mass is 429 g/mol. The number of carbonyl (C=O) groups excluding carboxylic acids is 1. The van der Waals surface area contributed by atoms with Gasteiger partial charge in [-0.3, -0.25) is 14.2 Å². The van der Waals surface area contributed by atoms with Gasteiger partial charge in [0.15, 0.2) is 5.13 Å². The van der Waals surface area contributed by atoms with Gasteiger partial charge in [0.05, 0.1) is 32.2 Å². The molecule has 1 amide bonds. The summed E-state index contributed by atoms with van der Waals surface area (Å²) in [6, 6.07) is 6.05. The average Bonchev–Trinajstić information content (AvgIpc) is 3.34. The minimum atomic E-state index is -1.04. The maximum atomic E-state index is 13.1. The minimum absolute atomic E-state index is 0.292. The number of carboxylic acids is 1. The van der Waals surface area contributed by atoms with Crippen molar-refractivity contribution >= 4 is 23.2 Å². The molecule has 0 spiro atoms. The Morgan fingerprint density at radius 2 is 2.00 bits per heavy atom. The first-order chi connectivity index (χ1) is 14.3. The quantitative estimate of drug-likeness (QED) is 0.568. The molecule has 2 aromatic heterocycles. The predicted molar refractivity (Wildman–Crippen MR) is 113 cm³/mol. The second kappa shape index (κ2) is 9.00. The molecule has 1 unspecified atom stereocenters.